The first-order valence-corrected chi connectivity index (χ1v) is 11.0. The van der Waals surface area contributed by atoms with E-state index in [2.05, 4.69) is 25.6 Å². The minimum atomic E-state index is -0.318. The zero-order chi connectivity index (χ0) is 24.1. The van der Waals surface area contributed by atoms with Crippen molar-refractivity contribution in [3.05, 3.63) is 53.6 Å². The summed E-state index contributed by atoms with van der Waals surface area (Å²) in [5.74, 6) is 0.886. The van der Waals surface area contributed by atoms with Crippen molar-refractivity contribution in [1.82, 2.24) is 35.2 Å². The molecule has 1 N–H and O–H groups in total. The third-order valence-electron chi connectivity index (χ3n) is 5.43. The monoisotopic (exact) mass is 465 g/mol. The van der Waals surface area contributed by atoms with Gasteiger partial charge in [-0.1, -0.05) is 17.3 Å². The number of aromatic nitrogens is 5. The van der Waals surface area contributed by atoms with Crippen LogP contribution in [-0.2, 0) is 22.6 Å². The number of hydrogen-bond acceptors (Lipinski definition) is 8. The van der Waals surface area contributed by atoms with Crippen LogP contribution in [0, 0.1) is 6.92 Å². The number of amides is 2. The van der Waals surface area contributed by atoms with E-state index in [1.165, 1.54) is 0 Å². The Hall–Kier alpha value is -3.86. The third-order valence-corrected chi connectivity index (χ3v) is 5.43. The Morgan fingerprint density at radius 2 is 2.09 bits per heavy atom. The van der Waals surface area contributed by atoms with Crippen molar-refractivity contribution in [2.24, 2.45) is 0 Å². The number of benzene rings is 1. The lowest BCUT2D eigenvalue weighted by Crippen LogP contribution is -2.46. The number of nitrogens with one attached hydrogen (secondary N) is 1. The number of ether oxygens (including phenoxy) is 2. The number of carbonyl (C=O) groups is 2. The maximum atomic E-state index is 12.7. The highest BCUT2D eigenvalue weighted by molar-refractivity contribution is 5.93. The van der Waals surface area contributed by atoms with Crippen LogP contribution in [0.15, 0.2) is 36.5 Å². The van der Waals surface area contributed by atoms with Crippen LogP contribution in [0.3, 0.4) is 0 Å². The van der Waals surface area contributed by atoms with Crippen LogP contribution >= 0.6 is 0 Å². The first-order chi connectivity index (χ1) is 16.4. The third kappa shape index (κ3) is 5.73. The van der Waals surface area contributed by atoms with E-state index in [0.29, 0.717) is 50.0 Å². The zero-order valence-corrected chi connectivity index (χ0v) is 19.4. The van der Waals surface area contributed by atoms with Gasteiger partial charge in [-0.15, -0.1) is 5.10 Å². The van der Waals surface area contributed by atoms with Crippen molar-refractivity contribution in [2.45, 2.75) is 33.0 Å². The standard InChI is InChI=1S/C23H27N7O4/c1-15-25-20(10-21(26-15)23(32)24-11-17-5-4-6-18(9-17)33-3)22-14-30(28-27-22)13-19-12-29(16(2)31)7-8-34-19/h4-6,9-10,14,19H,7-8,11-13H2,1-3H3,(H,24,32). The highest BCUT2D eigenvalue weighted by atomic mass is 16.5. The number of methoxy groups -OCH3 is 1. The van der Waals surface area contributed by atoms with Gasteiger partial charge in [0.2, 0.25) is 5.91 Å². The fourth-order valence-electron chi connectivity index (χ4n) is 3.70. The molecule has 11 heteroatoms. The molecule has 0 spiro atoms. The second-order valence-electron chi connectivity index (χ2n) is 8.00. The van der Waals surface area contributed by atoms with Crippen LogP contribution in [0.1, 0.15) is 28.8 Å². The summed E-state index contributed by atoms with van der Waals surface area (Å²) >= 11 is 0. The lowest BCUT2D eigenvalue weighted by atomic mass is 10.2. The van der Waals surface area contributed by atoms with Crippen LogP contribution in [-0.4, -0.2) is 74.6 Å². The first kappa shape index (κ1) is 23.3. The van der Waals surface area contributed by atoms with Gasteiger partial charge in [-0.25, -0.2) is 14.6 Å². The molecule has 2 aromatic heterocycles. The van der Waals surface area contributed by atoms with Crippen molar-refractivity contribution >= 4 is 11.8 Å². The largest absolute Gasteiger partial charge is 0.497 e. The smallest absolute Gasteiger partial charge is 0.270 e. The molecule has 0 bridgehead atoms. The SMILES string of the molecule is COc1cccc(CNC(=O)c2cc(-c3cn(CC4CN(C(C)=O)CCO4)nn3)nc(C)n2)c1. The molecular weight excluding hydrogens is 438 g/mol. The summed E-state index contributed by atoms with van der Waals surface area (Å²) in [5, 5.41) is 11.2. The summed E-state index contributed by atoms with van der Waals surface area (Å²) in [5.41, 5.74) is 2.18. The quantitative estimate of drug-likeness (QED) is 0.553. The number of rotatable bonds is 7. The summed E-state index contributed by atoms with van der Waals surface area (Å²) in [6, 6.07) is 9.08. The molecule has 178 valence electrons. The lowest BCUT2D eigenvalue weighted by Gasteiger charge is -2.32. The molecule has 1 atom stereocenters. The normalized spacial score (nSPS) is 15.7. The predicted octanol–water partition coefficient (Wildman–Crippen LogP) is 1.23. The Kier molecular flexibility index (Phi) is 7.12. The maximum Gasteiger partial charge on any atom is 0.270 e. The molecule has 0 aliphatic carbocycles. The Balaban J connectivity index is 1.43. The Morgan fingerprint density at radius 3 is 2.88 bits per heavy atom. The van der Waals surface area contributed by atoms with Gasteiger partial charge in [-0.05, 0) is 30.7 Å². The minimum Gasteiger partial charge on any atom is -0.497 e. The Morgan fingerprint density at radius 1 is 1.24 bits per heavy atom. The zero-order valence-electron chi connectivity index (χ0n) is 19.4. The summed E-state index contributed by atoms with van der Waals surface area (Å²) < 4.78 is 12.6. The molecular formula is C23H27N7O4. The average Bonchev–Trinajstić information content (AvgIpc) is 3.31. The first-order valence-electron chi connectivity index (χ1n) is 11.0. The molecule has 0 saturated carbocycles. The van der Waals surface area contributed by atoms with Crippen LogP contribution in [0.25, 0.3) is 11.4 Å². The van der Waals surface area contributed by atoms with Gasteiger partial charge in [-0.2, -0.15) is 0 Å². The van der Waals surface area contributed by atoms with Crippen molar-refractivity contribution in [3.8, 4) is 17.1 Å². The van der Waals surface area contributed by atoms with Gasteiger partial charge in [0.15, 0.2) is 0 Å². The Bertz CT molecular complexity index is 1180. The molecule has 3 heterocycles. The van der Waals surface area contributed by atoms with Crippen molar-refractivity contribution in [2.75, 3.05) is 26.8 Å². The summed E-state index contributed by atoms with van der Waals surface area (Å²) in [6.07, 6.45) is 1.58. The van der Waals surface area contributed by atoms with Crippen molar-refractivity contribution in [3.63, 3.8) is 0 Å². The molecule has 1 aliphatic rings. The van der Waals surface area contributed by atoms with Gasteiger partial charge in [0.25, 0.3) is 5.91 Å². The average molecular weight is 466 g/mol. The molecule has 2 amide bonds. The molecule has 1 aromatic carbocycles. The van der Waals surface area contributed by atoms with Crippen LogP contribution in [0.5, 0.6) is 5.75 Å². The van der Waals surface area contributed by atoms with E-state index in [-0.39, 0.29) is 23.6 Å². The van der Waals surface area contributed by atoms with E-state index >= 15 is 0 Å². The molecule has 11 nitrogen and oxygen atoms in total. The number of hydrogen-bond donors (Lipinski definition) is 1. The molecule has 1 aliphatic heterocycles. The number of morpholine rings is 1. The van der Waals surface area contributed by atoms with Gasteiger partial charge in [0.05, 0.1) is 38.3 Å². The van der Waals surface area contributed by atoms with Gasteiger partial charge < -0.3 is 19.7 Å². The van der Waals surface area contributed by atoms with Gasteiger partial charge >= 0.3 is 0 Å². The minimum absolute atomic E-state index is 0.0289. The number of nitrogens with zero attached hydrogens (tertiary/aromatic N) is 6. The van der Waals surface area contributed by atoms with Crippen LogP contribution in [0.2, 0.25) is 0 Å². The predicted molar refractivity (Wildman–Crippen MR) is 122 cm³/mol. The van der Waals surface area contributed by atoms with Crippen LogP contribution < -0.4 is 10.1 Å². The topological polar surface area (TPSA) is 124 Å². The molecule has 1 fully saturated rings. The summed E-state index contributed by atoms with van der Waals surface area (Å²) in [4.78, 5) is 34.8. The second kappa shape index (κ2) is 10.4. The molecule has 3 aromatic rings. The van der Waals surface area contributed by atoms with Gasteiger partial charge in [0.1, 0.15) is 23.0 Å². The highest BCUT2D eigenvalue weighted by Crippen LogP contribution is 2.17. The van der Waals surface area contributed by atoms with E-state index in [1.807, 2.05) is 24.3 Å². The summed E-state index contributed by atoms with van der Waals surface area (Å²) in [6.45, 7) is 5.66. The van der Waals surface area contributed by atoms with Crippen LogP contribution in [0.4, 0.5) is 0 Å². The molecule has 0 radical (unpaired) electrons. The molecule has 34 heavy (non-hydrogen) atoms. The van der Waals surface area contributed by atoms with Gasteiger partial charge in [-0.3, -0.25) is 9.59 Å². The molecule has 1 saturated heterocycles. The van der Waals surface area contributed by atoms with E-state index in [4.69, 9.17) is 9.47 Å². The van der Waals surface area contributed by atoms with E-state index in [1.54, 1.807) is 42.8 Å². The van der Waals surface area contributed by atoms with Gasteiger partial charge in [0, 0.05) is 26.6 Å². The Labute approximate surface area is 197 Å². The summed E-state index contributed by atoms with van der Waals surface area (Å²) in [7, 11) is 1.60. The fraction of sp³-hybridized carbons (Fsp3) is 0.391. The maximum absolute atomic E-state index is 12.7. The molecule has 4 rings (SSSR count). The number of carbonyl (C=O) groups excluding carboxylic acids is 2. The van der Waals surface area contributed by atoms with Crippen molar-refractivity contribution in [1.29, 1.82) is 0 Å². The number of aryl methyl sites for hydroxylation is 1. The lowest BCUT2D eigenvalue weighted by molar-refractivity contribution is -0.136. The van der Waals surface area contributed by atoms with Crippen molar-refractivity contribution < 1.29 is 19.1 Å². The van der Waals surface area contributed by atoms with E-state index in [0.717, 1.165) is 11.3 Å². The van der Waals surface area contributed by atoms with E-state index in [9.17, 15) is 9.59 Å². The fourth-order valence-corrected chi connectivity index (χ4v) is 3.70. The van der Waals surface area contributed by atoms with E-state index < -0.39 is 0 Å². The highest BCUT2D eigenvalue weighted by Gasteiger charge is 2.23. The second-order valence-corrected chi connectivity index (χ2v) is 8.00. The molecule has 1 unspecified atom stereocenters.